The molecule has 2 N–H and O–H groups in total. The van der Waals surface area contributed by atoms with E-state index in [1.165, 1.54) is 11.1 Å². The summed E-state index contributed by atoms with van der Waals surface area (Å²) in [7, 11) is 0. The highest BCUT2D eigenvalue weighted by atomic mass is 16.2. The minimum absolute atomic E-state index is 0.0169. The molecule has 0 bridgehead atoms. The smallest absolute Gasteiger partial charge is 0.317 e. The van der Waals surface area contributed by atoms with Crippen molar-refractivity contribution in [2.75, 3.05) is 13.1 Å². The van der Waals surface area contributed by atoms with Gasteiger partial charge in [0.05, 0.1) is 0 Å². The van der Waals surface area contributed by atoms with Crippen LogP contribution >= 0.6 is 0 Å². The number of carbonyl (C=O) groups excluding carboxylic acids is 2. The molecule has 1 saturated heterocycles. The van der Waals surface area contributed by atoms with Crippen molar-refractivity contribution in [1.29, 1.82) is 0 Å². The van der Waals surface area contributed by atoms with Crippen LogP contribution in [0.15, 0.2) is 24.3 Å². The van der Waals surface area contributed by atoms with Crippen LogP contribution in [-0.4, -0.2) is 41.5 Å². The number of nitrogens with zero attached hydrogens (tertiary/aromatic N) is 1. The third-order valence-corrected chi connectivity index (χ3v) is 4.35. The molecule has 0 radical (unpaired) electrons. The Labute approximate surface area is 151 Å². The van der Waals surface area contributed by atoms with Gasteiger partial charge in [-0.2, -0.15) is 0 Å². The van der Waals surface area contributed by atoms with Crippen LogP contribution in [0.3, 0.4) is 0 Å². The van der Waals surface area contributed by atoms with Gasteiger partial charge in [-0.05, 0) is 52.5 Å². The number of aryl methyl sites for hydroxylation is 2. The Morgan fingerprint density at radius 1 is 1.20 bits per heavy atom. The standard InChI is InChI=1S/C20H31N3O2/c1-15-6-5-7-16(14-15)8-9-18(24)21-17-10-12-23(13-11-17)19(25)22-20(2,3)4/h5-7,14,17H,8-13H2,1-4H3,(H,21,24)(H,22,25). The molecule has 0 unspecified atom stereocenters. The van der Waals surface area contributed by atoms with Crippen LogP contribution in [0, 0.1) is 6.92 Å². The van der Waals surface area contributed by atoms with Crippen LogP contribution in [0.4, 0.5) is 4.79 Å². The van der Waals surface area contributed by atoms with Crippen molar-refractivity contribution in [3.63, 3.8) is 0 Å². The van der Waals surface area contributed by atoms with Crippen molar-refractivity contribution in [3.8, 4) is 0 Å². The van der Waals surface area contributed by atoms with Gasteiger partial charge in [0, 0.05) is 31.1 Å². The fourth-order valence-electron chi connectivity index (χ4n) is 3.05. The second-order valence-corrected chi connectivity index (χ2v) is 8.00. The van der Waals surface area contributed by atoms with Gasteiger partial charge >= 0.3 is 6.03 Å². The second-order valence-electron chi connectivity index (χ2n) is 8.00. The molecule has 1 aromatic carbocycles. The fourth-order valence-corrected chi connectivity index (χ4v) is 3.05. The van der Waals surface area contributed by atoms with E-state index in [9.17, 15) is 9.59 Å². The molecule has 2 rings (SSSR count). The highest BCUT2D eigenvalue weighted by molar-refractivity contribution is 5.77. The molecule has 1 heterocycles. The molecule has 0 saturated carbocycles. The fraction of sp³-hybridized carbons (Fsp3) is 0.600. The number of carbonyl (C=O) groups is 2. The number of likely N-dealkylation sites (tertiary alicyclic amines) is 1. The average molecular weight is 345 g/mol. The van der Waals surface area contributed by atoms with E-state index < -0.39 is 0 Å². The maximum Gasteiger partial charge on any atom is 0.317 e. The molecule has 0 aromatic heterocycles. The summed E-state index contributed by atoms with van der Waals surface area (Å²) in [5.41, 5.74) is 2.19. The molecule has 0 atom stereocenters. The zero-order valence-electron chi connectivity index (χ0n) is 15.9. The van der Waals surface area contributed by atoms with Crippen molar-refractivity contribution in [2.45, 2.75) is 65.0 Å². The highest BCUT2D eigenvalue weighted by Gasteiger charge is 2.25. The minimum Gasteiger partial charge on any atom is -0.353 e. The van der Waals surface area contributed by atoms with Crippen molar-refractivity contribution in [2.24, 2.45) is 0 Å². The predicted molar refractivity (Wildman–Crippen MR) is 101 cm³/mol. The summed E-state index contributed by atoms with van der Waals surface area (Å²) in [4.78, 5) is 26.2. The number of hydrogen-bond donors (Lipinski definition) is 2. The molecule has 5 heteroatoms. The van der Waals surface area contributed by atoms with Crippen molar-refractivity contribution < 1.29 is 9.59 Å². The summed E-state index contributed by atoms with van der Waals surface area (Å²) in [6.45, 7) is 9.37. The molecular formula is C20H31N3O2. The number of nitrogens with one attached hydrogen (secondary N) is 2. The van der Waals surface area contributed by atoms with E-state index in [4.69, 9.17) is 0 Å². The summed E-state index contributed by atoms with van der Waals surface area (Å²) in [5, 5.41) is 6.10. The van der Waals surface area contributed by atoms with E-state index in [-0.39, 0.29) is 23.5 Å². The lowest BCUT2D eigenvalue weighted by Crippen LogP contribution is -2.53. The first-order valence-electron chi connectivity index (χ1n) is 9.15. The lowest BCUT2D eigenvalue weighted by molar-refractivity contribution is -0.122. The Morgan fingerprint density at radius 3 is 2.48 bits per heavy atom. The van der Waals surface area contributed by atoms with Gasteiger partial charge < -0.3 is 15.5 Å². The zero-order valence-corrected chi connectivity index (χ0v) is 15.9. The van der Waals surface area contributed by atoms with Gasteiger partial charge in [-0.3, -0.25) is 4.79 Å². The maximum atomic E-state index is 12.2. The Bertz CT molecular complexity index is 599. The first kappa shape index (κ1) is 19.3. The van der Waals surface area contributed by atoms with Crippen LogP contribution in [0.5, 0.6) is 0 Å². The predicted octanol–water partition coefficient (Wildman–Crippen LogP) is 3.02. The summed E-state index contributed by atoms with van der Waals surface area (Å²) < 4.78 is 0. The number of urea groups is 1. The number of hydrogen-bond acceptors (Lipinski definition) is 2. The third kappa shape index (κ3) is 6.77. The number of benzene rings is 1. The average Bonchev–Trinajstić information content (AvgIpc) is 2.52. The molecule has 1 aromatic rings. The molecule has 1 fully saturated rings. The van der Waals surface area contributed by atoms with E-state index in [1.54, 1.807) is 0 Å². The van der Waals surface area contributed by atoms with Gasteiger partial charge in [0.2, 0.25) is 5.91 Å². The molecule has 0 spiro atoms. The molecule has 138 valence electrons. The van der Waals surface area contributed by atoms with Gasteiger partial charge in [0.25, 0.3) is 0 Å². The van der Waals surface area contributed by atoms with Crippen LogP contribution in [0.2, 0.25) is 0 Å². The quantitative estimate of drug-likeness (QED) is 0.881. The van der Waals surface area contributed by atoms with Crippen molar-refractivity contribution in [1.82, 2.24) is 15.5 Å². The van der Waals surface area contributed by atoms with Gasteiger partial charge in [0.1, 0.15) is 0 Å². The lowest BCUT2D eigenvalue weighted by Gasteiger charge is -2.34. The van der Waals surface area contributed by atoms with Crippen molar-refractivity contribution in [3.05, 3.63) is 35.4 Å². The summed E-state index contributed by atoms with van der Waals surface area (Å²) in [6, 6.07) is 8.43. The third-order valence-electron chi connectivity index (χ3n) is 4.35. The van der Waals surface area contributed by atoms with E-state index in [0.717, 1.165) is 19.3 Å². The summed E-state index contributed by atoms with van der Waals surface area (Å²) in [6.07, 6.45) is 2.90. The molecule has 25 heavy (non-hydrogen) atoms. The molecule has 1 aliphatic heterocycles. The number of piperidine rings is 1. The normalized spacial score (nSPS) is 15.8. The van der Waals surface area contributed by atoms with Crippen LogP contribution in [0.25, 0.3) is 0 Å². The molecule has 5 nitrogen and oxygen atoms in total. The first-order chi connectivity index (χ1) is 11.7. The molecular weight excluding hydrogens is 314 g/mol. The summed E-state index contributed by atoms with van der Waals surface area (Å²) >= 11 is 0. The lowest BCUT2D eigenvalue weighted by atomic mass is 10.0. The second kappa shape index (κ2) is 8.37. The molecule has 1 aliphatic rings. The summed E-state index contributed by atoms with van der Waals surface area (Å²) in [5.74, 6) is 0.0964. The topological polar surface area (TPSA) is 61.4 Å². The Balaban J connectivity index is 1.70. The van der Waals surface area contributed by atoms with E-state index in [1.807, 2.05) is 31.7 Å². The highest BCUT2D eigenvalue weighted by Crippen LogP contribution is 2.13. The van der Waals surface area contributed by atoms with Gasteiger partial charge in [-0.1, -0.05) is 29.8 Å². The molecule has 3 amide bonds. The Hall–Kier alpha value is -2.04. The molecule has 0 aliphatic carbocycles. The van der Waals surface area contributed by atoms with E-state index >= 15 is 0 Å². The van der Waals surface area contributed by atoms with Crippen molar-refractivity contribution >= 4 is 11.9 Å². The SMILES string of the molecule is Cc1cccc(CCC(=O)NC2CCN(C(=O)NC(C)(C)C)CC2)c1. The maximum absolute atomic E-state index is 12.2. The van der Waals surface area contributed by atoms with Gasteiger partial charge in [-0.15, -0.1) is 0 Å². The van der Waals surface area contributed by atoms with E-state index in [2.05, 4.69) is 35.8 Å². The van der Waals surface area contributed by atoms with Crippen LogP contribution in [0.1, 0.15) is 51.2 Å². The van der Waals surface area contributed by atoms with E-state index in [0.29, 0.717) is 19.5 Å². The minimum atomic E-state index is -0.224. The largest absolute Gasteiger partial charge is 0.353 e. The number of rotatable bonds is 4. The monoisotopic (exact) mass is 345 g/mol. The Morgan fingerprint density at radius 2 is 1.88 bits per heavy atom. The Kier molecular flexibility index (Phi) is 6.45. The number of amides is 3. The zero-order chi connectivity index (χ0) is 18.4. The van der Waals surface area contributed by atoms with Crippen LogP contribution < -0.4 is 10.6 Å². The van der Waals surface area contributed by atoms with Gasteiger partial charge in [0.15, 0.2) is 0 Å². The van der Waals surface area contributed by atoms with Gasteiger partial charge in [-0.25, -0.2) is 4.79 Å². The van der Waals surface area contributed by atoms with Crippen LogP contribution in [-0.2, 0) is 11.2 Å². The first-order valence-corrected chi connectivity index (χ1v) is 9.15.